The van der Waals surface area contributed by atoms with Crippen molar-refractivity contribution in [3.63, 3.8) is 0 Å². The molecule has 2 aliphatic heterocycles. The molecule has 140 valence electrons. The number of hydrogen-bond donors (Lipinski definition) is 1. The minimum absolute atomic E-state index is 0.0399. The number of aryl methyl sites for hydroxylation is 2. The first-order valence-corrected chi connectivity index (χ1v) is 10.2. The molecule has 0 saturated carbocycles. The summed E-state index contributed by atoms with van der Waals surface area (Å²) in [5.74, 6) is -0.963. The van der Waals surface area contributed by atoms with E-state index in [0.717, 1.165) is 17.7 Å². The van der Waals surface area contributed by atoms with Crippen LogP contribution in [0.15, 0.2) is 30.3 Å². The molecule has 0 radical (unpaired) electrons. The van der Waals surface area contributed by atoms with E-state index in [1.54, 1.807) is 16.2 Å². The van der Waals surface area contributed by atoms with Crippen molar-refractivity contribution in [3.05, 3.63) is 46.3 Å². The summed E-state index contributed by atoms with van der Waals surface area (Å²) in [6.07, 6.45) is 2.43. The van der Waals surface area contributed by atoms with Crippen molar-refractivity contribution in [2.75, 3.05) is 26.3 Å². The molecule has 1 aliphatic carbocycles. The molecule has 1 N–H and O–H groups in total. The van der Waals surface area contributed by atoms with Gasteiger partial charge >= 0.3 is 5.97 Å². The van der Waals surface area contributed by atoms with E-state index >= 15 is 0 Å². The molecule has 0 unspecified atom stereocenters. The zero-order valence-corrected chi connectivity index (χ0v) is 15.8. The van der Waals surface area contributed by atoms with E-state index in [-0.39, 0.29) is 18.4 Å². The molecule has 2 atom stereocenters. The maximum absolute atomic E-state index is 13.2. The lowest BCUT2D eigenvalue weighted by Crippen LogP contribution is -2.45. The van der Waals surface area contributed by atoms with Gasteiger partial charge in [0.05, 0.1) is 16.9 Å². The van der Waals surface area contributed by atoms with Gasteiger partial charge in [-0.05, 0) is 42.0 Å². The minimum Gasteiger partial charge on any atom is -0.481 e. The molecule has 3 heterocycles. The van der Waals surface area contributed by atoms with E-state index in [2.05, 4.69) is 18.2 Å². The molecule has 5 nitrogen and oxygen atoms in total. The third-order valence-corrected chi connectivity index (χ3v) is 7.56. The number of carboxylic acids is 1. The fourth-order valence-electron chi connectivity index (χ4n) is 4.79. The van der Waals surface area contributed by atoms with Crippen LogP contribution >= 0.6 is 11.3 Å². The molecule has 27 heavy (non-hydrogen) atoms. The topological polar surface area (TPSA) is 66.8 Å². The lowest BCUT2D eigenvalue weighted by molar-refractivity contribution is -0.157. The molecular formula is C21H21NO4S. The van der Waals surface area contributed by atoms with Gasteiger partial charge in [0.2, 0.25) is 0 Å². The van der Waals surface area contributed by atoms with Crippen LogP contribution in [0, 0.1) is 11.3 Å². The van der Waals surface area contributed by atoms with Gasteiger partial charge in [0.15, 0.2) is 0 Å². The molecule has 1 amide bonds. The first kappa shape index (κ1) is 17.0. The summed E-state index contributed by atoms with van der Waals surface area (Å²) in [6, 6.07) is 10.4. The third-order valence-electron chi connectivity index (χ3n) is 6.37. The number of thiophene rings is 1. The second kappa shape index (κ2) is 6.17. The molecule has 0 spiro atoms. The Labute approximate surface area is 161 Å². The van der Waals surface area contributed by atoms with Crippen LogP contribution < -0.4 is 0 Å². The average Bonchev–Trinajstić information content (AvgIpc) is 3.30. The van der Waals surface area contributed by atoms with Crippen molar-refractivity contribution in [2.24, 2.45) is 11.3 Å². The molecule has 3 aliphatic rings. The fourth-order valence-corrected chi connectivity index (χ4v) is 6.03. The van der Waals surface area contributed by atoms with E-state index in [4.69, 9.17) is 4.74 Å². The summed E-state index contributed by atoms with van der Waals surface area (Å²) in [5.41, 5.74) is 2.94. The van der Waals surface area contributed by atoms with Crippen molar-refractivity contribution in [1.82, 2.24) is 4.90 Å². The van der Waals surface area contributed by atoms with Crippen LogP contribution in [-0.4, -0.2) is 48.2 Å². The van der Waals surface area contributed by atoms with Crippen molar-refractivity contribution in [2.45, 2.75) is 19.3 Å². The molecule has 6 heteroatoms. The second-order valence-electron chi connectivity index (χ2n) is 7.79. The van der Waals surface area contributed by atoms with Gasteiger partial charge in [-0.3, -0.25) is 9.59 Å². The van der Waals surface area contributed by atoms with Crippen LogP contribution in [0.25, 0.3) is 10.4 Å². The van der Waals surface area contributed by atoms with Gasteiger partial charge < -0.3 is 14.7 Å². The van der Waals surface area contributed by atoms with Crippen LogP contribution in [0.4, 0.5) is 0 Å². The summed E-state index contributed by atoms with van der Waals surface area (Å²) < 4.78 is 5.50. The quantitative estimate of drug-likeness (QED) is 0.866. The number of rotatable bonds is 2. The number of benzene rings is 1. The first-order chi connectivity index (χ1) is 13.1. The molecule has 2 saturated heterocycles. The Bertz CT molecular complexity index is 936. The van der Waals surface area contributed by atoms with E-state index in [1.165, 1.54) is 21.6 Å². The zero-order valence-electron chi connectivity index (χ0n) is 14.9. The molecule has 2 aromatic rings. The van der Waals surface area contributed by atoms with E-state index in [9.17, 15) is 14.7 Å². The van der Waals surface area contributed by atoms with Gasteiger partial charge in [0.25, 0.3) is 5.91 Å². The number of fused-ring (bicyclic) bond motifs is 4. The molecular weight excluding hydrogens is 362 g/mol. The van der Waals surface area contributed by atoms with Gasteiger partial charge in [-0.2, -0.15) is 0 Å². The summed E-state index contributed by atoms with van der Waals surface area (Å²) in [6.45, 7) is 1.62. The number of carbonyl (C=O) groups is 2. The smallest absolute Gasteiger partial charge is 0.311 e. The monoisotopic (exact) mass is 383 g/mol. The van der Waals surface area contributed by atoms with Crippen molar-refractivity contribution in [3.8, 4) is 10.4 Å². The minimum atomic E-state index is -0.850. The number of nitrogens with zero attached hydrogens (tertiary/aromatic N) is 1. The van der Waals surface area contributed by atoms with Gasteiger partial charge in [-0.25, -0.2) is 0 Å². The second-order valence-corrected chi connectivity index (χ2v) is 8.84. The predicted octanol–water partition coefficient (Wildman–Crippen LogP) is 3.08. The SMILES string of the molecule is O=C(c1cc2c(s1)-c1ccccc1CC2)N1C[C@H]2COCC[C@@]2(C(=O)O)C1. The molecule has 0 bridgehead atoms. The first-order valence-electron chi connectivity index (χ1n) is 9.40. The Kier molecular flexibility index (Phi) is 3.88. The number of likely N-dealkylation sites (tertiary alicyclic amines) is 1. The van der Waals surface area contributed by atoms with Crippen molar-refractivity contribution >= 4 is 23.2 Å². The summed E-state index contributed by atoms with van der Waals surface area (Å²) in [7, 11) is 0. The van der Waals surface area contributed by atoms with Gasteiger partial charge in [-0.15, -0.1) is 11.3 Å². The van der Waals surface area contributed by atoms with Crippen LogP contribution in [0.5, 0.6) is 0 Å². The fraction of sp³-hybridized carbons (Fsp3) is 0.429. The molecule has 5 rings (SSSR count). The average molecular weight is 383 g/mol. The predicted molar refractivity (Wildman–Crippen MR) is 102 cm³/mol. The van der Waals surface area contributed by atoms with Crippen molar-refractivity contribution < 1.29 is 19.4 Å². The van der Waals surface area contributed by atoms with Crippen LogP contribution in [-0.2, 0) is 22.4 Å². The number of carbonyl (C=O) groups excluding carboxylic acids is 1. The highest BCUT2D eigenvalue weighted by Gasteiger charge is 2.55. The Morgan fingerprint density at radius 3 is 2.85 bits per heavy atom. The van der Waals surface area contributed by atoms with Gasteiger partial charge in [-0.1, -0.05) is 24.3 Å². The highest BCUT2D eigenvalue weighted by Crippen LogP contribution is 2.44. The van der Waals surface area contributed by atoms with Gasteiger partial charge in [0, 0.05) is 30.5 Å². The Hall–Kier alpha value is -2.18. The highest BCUT2D eigenvalue weighted by molar-refractivity contribution is 7.17. The van der Waals surface area contributed by atoms with Crippen LogP contribution in [0.2, 0.25) is 0 Å². The number of carboxylic acid groups (broad SMARTS) is 1. The van der Waals surface area contributed by atoms with Crippen LogP contribution in [0.1, 0.15) is 27.2 Å². The Balaban J connectivity index is 1.45. The molecule has 2 fully saturated rings. The largest absolute Gasteiger partial charge is 0.481 e. The van der Waals surface area contributed by atoms with Crippen LogP contribution in [0.3, 0.4) is 0 Å². The summed E-state index contributed by atoms with van der Waals surface area (Å²) >= 11 is 1.54. The summed E-state index contributed by atoms with van der Waals surface area (Å²) in [4.78, 5) is 28.8. The normalized spacial score (nSPS) is 26.2. The third kappa shape index (κ3) is 2.54. The molecule has 1 aromatic carbocycles. The summed E-state index contributed by atoms with van der Waals surface area (Å²) in [5, 5.41) is 9.82. The number of aliphatic carboxylic acids is 1. The number of hydrogen-bond acceptors (Lipinski definition) is 4. The molecule has 1 aromatic heterocycles. The standard InChI is InChI=1S/C21H21NO4S/c23-19(22-10-15-11-26-8-7-21(15,12-22)20(24)25)17-9-14-6-5-13-3-1-2-4-16(13)18(14)27-17/h1-4,9,15H,5-8,10-12H2,(H,24,25)/t15-,21+/m0/s1. The van der Waals surface area contributed by atoms with E-state index in [1.807, 2.05) is 12.1 Å². The van der Waals surface area contributed by atoms with Crippen molar-refractivity contribution in [1.29, 1.82) is 0 Å². The number of amides is 1. The van der Waals surface area contributed by atoms with E-state index in [0.29, 0.717) is 26.2 Å². The maximum atomic E-state index is 13.2. The maximum Gasteiger partial charge on any atom is 0.311 e. The Morgan fingerprint density at radius 1 is 1.22 bits per heavy atom. The lowest BCUT2D eigenvalue weighted by Gasteiger charge is -2.33. The number of ether oxygens (including phenoxy) is 1. The van der Waals surface area contributed by atoms with E-state index < -0.39 is 11.4 Å². The van der Waals surface area contributed by atoms with Gasteiger partial charge in [0.1, 0.15) is 0 Å². The lowest BCUT2D eigenvalue weighted by atomic mass is 9.74. The zero-order chi connectivity index (χ0) is 18.6. The Morgan fingerprint density at radius 2 is 2.04 bits per heavy atom. The highest BCUT2D eigenvalue weighted by atomic mass is 32.1.